The van der Waals surface area contributed by atoms with Gasteiger partial charge in [-0.05, 0) is 47.2 Å². The molecule has 3 aromatic rings. The van der Waals surface area contributed by atoms with E-state index >= 15 is 0 Å². The maximum Gasteiger partial charge on any atom is 0.273 e. The number of rotatable bonds is 7. The van der Waals surface area contributed by atoms with Crippen LogP contribution in [0.25, 0.3) is 0 Å². The second kappa shape index (κ2) is 9.52. The second-order valence-corrected chi connectivity index (χ2v) is 6.61. The number of nitrogens with zero attached hydrogens (tertiary/aromatic N) is 1. The Bertz CT molecular complexity index is 1030. The van der Waals surface area contributed by atoms with E-state index in [0.29, 0.717) is 28.3 Å². The lowest BCUT2D eigenvalue weighted by Crippen LogP contribution is -2.21. The number of hydrogen-bond donors (Lipinski definition) is 2. The lowest BCUT2D eigenvalue weighted by Gasteiger charge is -2.12. The van der Waals surface area contributed by atoms with Crippen LogP contribution in [0.4, 0.5) is 5.69 Å². The van der Waals surface area contributed by atoms with Crippen LogP contribution in [-0.2, 0) is 0 Å². The Labute approximate surface area is 172 Å². The molecule has 2 N–H and O–H groups in total. The first-order chi connectivity index (χ1) is 14.1. The van der Waals surface area contributed by atoms with Gasteiger partial charge in [-0.3, -0.25) is 9.59 Å². The number of amides is 2. The molecule has 0 aliphatic carbocycles. The molecule has 0 aliphatic rings. The van der Waals surface area contributed by atoms with Crippen LogP contribution >= 0.6 is 11.3 Å². The first kappa shape index (κ1) is 20.1. The summed E-state index contributed by atoms with van der Waals surface area (Å²) in [6.07, 6.45) is 1.55. The minimum absolute atomic E-state index is 0.295. The molecule has 3 rings (SSSR count). The van der Waals surface area contributed by atoms with Crippen LogP contribution in [0.1, 0.15) is 26.3 Å². The van der Waals surface area contributed by atoms with Crippen LogP contribution in [0.5, 0.6) is 11.5 Å². The molecule has 1 heterocycles. The van der Waals surface area contributed by atoms with E-state index in [2.05, 4.69) is 15.8 Å². The molecule has 0 aliphatic heterocycles. The van der Waals surface area contributed by atoms with Crippen molar-refractivity contribution in [2.24, 2.45) is 5.10 Å². The van der Waals surface area contributed by atoms with E-state index in [9.17, 15) is 9.59 Å². The SMILES string of the molecule is COc1ccc(C(=O)Nc2ccccc2C(=O)N/N=C/c2ccsc2)cc1OC. The molecular formula is C21H19N3O4S. The molecule has 1 aromatic heterocycles. The number of hydrazone groups is 1. The van der Waals surface area contributed by atoms with Gasteiger partial charge in [0.15, 0.2) is 11.5 Å². The van der Waals surface area contributed by atoms with Crippen LogP contribution in [-0.4, -0.2) is 32.2 Å². The van der Waals surface area contributed by atoms with E-state index < -0.39 is 5.91 Å². The standard InChI is InChI=1S/C21H19N3O4S/c1-27-18-8-7-15(11-19(18)28-2)20(25)23-17-6-4-3-5-16(17)21(26)24-22-12-14-9-10-29-13-14/h3-13H,1-2H3,(H,23,25)(H,24,26)/b22-12+. The molecule has 0 bridgehead atoms. The number of carbonyl (C=O) groups is 2. The molecule has 29 heavy (non-hydrogen) atoms. The van der Waals surface area contributed by atoms with Crippen LogP contribution in [0.2, 0.25) is 0 Å². The molecule has 0 spiro atoms. The predicted molar refractivity (Wildman–Crippen MR) is 113 cm³/mol. The van der Waals surface area contributed by atoms with Crippen molar-refractivity contribution < 1.29 is 19.1 Å². The predicted octanol–water partition coefficient (Wildman–Crippen LogP) is 3.78. The minimum atomic E-state index is -0.431. The second-order valence-electron chi connectivity index (χ2n) is 5.83. The molecule has 0 unspecified atom stereocenters. The maximum atomic E-state index is 12.7. The van der Waals surface area contributed by atoms with Gasteiger partial charge in [0.25, 0.3) is 11.8 Å². The Hall–Kier alpha value is -3.65. The third kappa shape index (κ3) is 4.99. The first-order valence-electron chi connectivity index (χ1n) is 8.60. The lowest BCUT2D eigenvalue weighted by molar-refractivity contribution is 0.0956. The van der Waals surface area contributed by atoms with Crippen molar-refractivity contribution in [3.63, 3.8) is 0 Å². The van der Waals surface area contributed by atoms with E-state index in [1.54, 1.807) is 48.7 Å². The molecule has 0 fully saturated rings. The molecule has 2 amide bonds. The van der Waals surface area contributed by atoms with Gasteiger partial charge in [-0.2, -0.15) is 16.4 Å². The topological polar surface area (TPSA) is 89.0 Å². The normalized spacial score (nSPS) is 10.6. The third-order valence-corrected chi connectivity index (χ3v) is 4.69. The fourth-order valence-corrected chi connectivity index (χ4v) is 3.15. The smallest absolute Gasteiger partial charge is 0.273 e. The Balaban J connectivity index is 1.74. The molecule has 148 valence electrons. The Kier molecular flexibility index (Phi) is 6.59. The molecule has 0 atom stereocenters. The van der Waals surface area contributed by atoms with Gasteiger partial charge in [0.1, 0.15) is 0 Å². The highest BCUT2D eigenvalue weighted by Gasteiger charge is 2.15. The van der Waals surface area contributed by atoms with Gasteiger partial charge >= 0.3 is 0 Å². The quantitative estimate of drug-likeness (QED) is 0.459. The summed E-state index contributed by atoms with van der Waals surface area (Å²) in [5, 5.41) is 10.5. The number of carbonyl (C=O) groups excluding carboxylic acids is 2. The van der Waals surface area contributed by atoms with E-state index in [4.69, 9.17) is 9.47 Å². The molecule has 2 aromatic carbocycles. The number of hydrogen-bond acceptors (Lipinski definition) is 6. The third-order valence-electron chi connectivity index (χ3n) is 3.99. The van der Waals surface area contributed by atoms with Crippen LogP contribution in [0.3, 0.4) is 0 Å². The van der Waals surface area contributed by atoms with E-state index in [-0.39, 0.29) is 5.91 Å². The Morgan fingerprint density at radius 1 is 1.00 bits per heavy atom. The highest BCUT2D eigenvalue weighted by atomic mass is 32.1. The number of benzene rings is 2. The average molecular weight is 409 g/mol. The summed E-state index contributed by atoms with van der Waals surface area (Å²) in [6.45, 7) is 0. The summed E-state index contributed by atoms with van der Waals surface area (Å²) < 4.78 is 10.4. The Morgan fingerprint density at radius 2 is 1.79 bits per heavy atom. The molecule has 7 nitrogen and oxygen atoms in total. The average Bonchev–Trinajstić information content (AvgIpc) is 3.27. The van der Waals surface area contributed by atoms with Crippen molar-refractivity contribution in [2.45, 2.75) is 0 Å². The van der Waals surface area contributed by atoms with Gasteiger partial charge in [-0.25, -0.2) is 5.43 Å². The number of methoxy groups -OCH3 is 2. The van der Waals surface area contributed by atoms with Crippen LogP contribution in [0.15, 0.2) is 64.4 Å². The zero-order valence-electron chi connectivity index (χ0n) is 15.8. The van der Waals surface area contributed by atoms with Crippen molar-refractivity contribution in [1.82, 2.24) is 5.43 Å². The fourth-order valence-electron chi connectivity index (χ4n) is 2.54. The van der Waals surface area contributed by atoms with E-state index in [1.807, 2.05) is 16.8 Å². The van der Waals surface area contributed by atoms with Gasteiger partial charge in [0, 0.05) is 11.1 Å². The van der Waals surface area contributed by atoms with Gasteiger partial charge in [-0.1, -0.05) is 12.1 Å². The lowest BCUT2D eigenvalue weighted by atomic mass is 10.1. The number of anilines is 1. The largest absolute Gasteiger partial charge is 0.493 e. The summed E-state index contributed by atoms with van der Waals surface area (Å²) in [5.74, 6) is 0.147. The highest BCUT2D eigenvalue weighted by Crippen LogP contribution is 2.28. The summed E-state index contributed by atoms with van der Waals surface area (Å²) in [4.78, 5) is 25.1. The molecule has 0 saturated carbocycles. The first-order valence-corrected chi connectivity index (χ1v) is 9.54. The molecule has 0 saturated heterocycles. The summed E-state index contributed by atoms with van der Waals surface area (Å²) in [6, 6.07) is 13.4. The fraction of sp³-hybridized carbons (Fsp3) is 0.0952. The summed E-state index contributed by atoms with van der Waals surface area (Å²) in [7, 11) is 3.02. The van der Waals surface area contributed by atoms with E-state index in [1.165, 1.54) is 25.6 Å². The van der Waals surface area contributed by atoms with Crippen molar-refractivity contribution in [2.75, 3.05) is 19.5 Å². The maximum absolute atomic E-state index is 12.7. The van der Waals surface area contributed by atoms with Crippen molar-refractivity contribution in [3.05, 3.63) is 76.0 Å². The van der Waals surface area contributed by atoms with E-state index in [0.717, 1.165) is 5.56 Å². The molecular weight excluding hydrogens is 390 g/mol. The summed E-state index contributed by atoms with van der Waals surface area (Å²) in [5.41, 5.74) is 4.40. The minimum Gasteiger partial charge on any atom is -0.493 e. The van der Waals surface area contributed by atoms with Gasteiger partial charge < -0.3 is 14.8 Å². The molecule has 0 radical (unpaired) electrons. The Morgan fingerprint density at radius 3 is 2.52 bits per heavy atom. The number of nitrogens with one attached hydrogen (secondary N) is 2. The van der Waals surface area contributed by atoms with Crippen molar-refractivity contribution in [3.8, 4) is 11.5 Å². The highest BCUT2D eigenvalue weighted by molar-refractivity contribution is 7.08. The monoisotopic (exact) mass is 409 g/mol. The summed E-state index contributed by atoms with van der Waals surface area (Å²) >= 11 is 1.54. The number of thiophene rings is 1. The van der Waals surface area contributed by atoms with Crippen molar-refractivity contribution >= 4 is 35.1 Å². The van der Waals surface area contributed by atoms with Crippen molar-refractivity contribution in [1.29, 1.82) is 0 Å². The zero-order chi connectivity index (χ0) is 20.6. The van der Waals surface area contributed by atoms with Gasteiger partial charge in [0.2, 0.25) is 0 Å². The van der Waals surface area contributed by atoms with Crippen LogP contribution in [0, 0.1) is 0 Å². The zero-order valence-corrected chi connectivity index (χ0v) is 16.7. The molecule has 8 heteroatoms. The van der Waals surface area contributed by atoms with Crippen LogP contribution < -0.4 is 20.2 Å². The van der Waals surface area contributed by atoms with Gasteiger partial charge in [-0.15, -0.1) is 0 Å². The number of para-hydroxylation sites is 1. The number of ether oxygens (including phenoxy) is 2. The van der Waals surface area contributed by atoms with Gasteiger partial charge in [0.05, 0.1) is 31.7 Å².